The minimum Gasteiger partial charge on any atom is -0.465 e. The molecule has 2 amide bonds. The Morgan fingerprint density at radius 3 is 2.68 bits per heavy atom. The third-order valence-corrected chi connectivity index (χ3v) is 12.6. The van der Waals surface area contributed by atoms with Crippen LogP contribution >= 0.6 is 0 Å². The van der Waals surface area contributed by atoms with Crippen LogP contribution in [0.3, 0.4) is 0 Å². The van der Waals surface area contributed by atoms with E-state index in [4.69, 9.17) is 14.3 Å². The Hall–Kier alpha value is -3.96. The molecule has 10 nitrogen and oxygen atoms in total. The monoisotopic (exact) mass is 680 g/mol. The molecule has 3 aliphatic heterocycles. The molecule has 1 aromatic rings. The number of hydrogen-bond acceptors (Lipinski definition) is 7. The molecule has 1 aromatic carbocycles. The molecule has 0 radical (unpaired) electrons. The molecule has 50 heavy (non-hydrogen) atoms. The number of amidine groups is 1. The van der Waals surface area contributed by atoms with Gasteiger partial charge in [-0.3, -0.25) is 14.5 Å². The van der Waals surface area contributed by atoms with Gasteiger partial charge in [0.1, 0.15) is 5.84 Å². The Morgan fingerprint density at radius 2 is 1.96 bits per heavy atom. The first-order valence-corrected chi connectivity index (χ1v) is 18.1. The van der Waals surface area contributed by atoms with Crippen LogP contribution in [0.1, 0.15) is 78.7 Å². The average Bonchev–Trinajstić information content (AvgIpc) is 3.62. The molecule has 11 heteroatoms. The quantitative estimate of drug-likeness (QED) is 0.290. The highest BCUT2D eigenvalue weighted by atomic mass is 16.7. The lowest BCUT2D eigenvalue weighted by atomic mass is 9.43. The van der Waals surface area contributed by atoms with Gasteiger partial charge in [-0.25, -0.2) is 9.79 Å². The number of allylic oxidation sites excluding steroid dienone is 2. The van der Waals surface area contributed by atoms with E-state index in [2.05, 4.69) is 62.2 Å². The molecule has 2 bridgehead atoms. The number of fused-ring (bicyclic) bond motifs is 1. The molecular weight excluding hydrogens is 631 g/mol. The fraction of sp³-hybridized carbons (Fsp3) is 0.538. The predicted molar refractivity (Wildman–Crippen MR) is 193 cm³/mol. The van der Waals surface area contributed by atoms with Gasteiger partial charge >= 0.3 is 13.2 Å². The van der Waals surface area contributed by atoms with Crippen LogP contribution in [0, 0.1) is 22.7 Å². The lowest BCUT2D eigenvalue weighted by Crippen LogP contribution is -2.65. The highest BCUT2D eigenvalue weighted by Crippen LogP contribution is 2.65. The number of aliphatic imine (C=N–C) groups is 1. The molecule has 8 rings (SSSR count). The van der Waals surface area contributed by atoms with E-state index in [-0.39, 0.29) is 41.3 Å². The largest absolute Gasteiger partial charge is 0.481 e. The zero-order valence-electron chi connectivity index (χ0n) is 29.9. The number of carbonyl (C=O) groups excluding carboxylic acids is 2. The standard InChI is InChI=1S/C39H49BN4O6/c1-6-33(40-49-32-20-27-19-31(37(27,2)3)39(32,5)50-40)42-34(46)30-21-29(45)15-14-26(30)23-44(36(47)48)28-22-41-35-38(4,17-18-43(35)24-28)16-10-13-25-11-8-7-9-12-25/h7-15,22,27,31-33H,6,16-21,23-24H2,1-5H3,(H,42,46)(H,47,48)/b13-10+/t27-,31-,32+,33-,38+,39-/m0/s1. The maximum atomic E-state index is 13.9. The zero-order valence-corrected chi connectivity index (χ0v) is 29.9. The highest BCUT2D eigenvalue weighted by molar-refractivity contribution is 6.48. The van der Waals surface area contributed by atoms with Crippen LogP contribution < -0.4 is 5.32 Å². The number of hydrogen-bond donors (Lipinski definition) is 2. The van der Waals surface area contributed by atoms with Gasteiger partial charge in [0.05, 0.1) is 42.6 Å². The van der Waals surface area contributed by atoms with Crippen molar-refractivity contribution in [3.63, 3.8) is 0 Å². The normalized spacial score (nSPS) is 31.5. The Balaban J connectivity index is 1.06. The van der Waals surface area contributed by atoms with E-state index in [0.29, 0.717) is 36.1 Å². The van der Waals surface area contributed by atoms with Gasteiger partial charge in [0, 0.05) is 24.0 Å². The van der Waals surface area contributed by atoms with Gasteiger partial charge in [-0.15, -0.1) is 0 Å². The number of nitrogens with one attached hydrogen (secondary N) is 1. The topological polar surface area (TPSA) is 121 Å². The fourth-order valence-electron chi connectivity index (χ4n) is 9.28. The number of carboxylic acid groups (broad SMARTS) is 1. The minimum atomic E-state index is -1.14. The maximum absolute atomic E-state index is 13.9. The van der Waals surface area contributed by atoms with Gasteiger partial charge in [0.2, 0.25) is 5.91 Å². The number of carbonyl (C=O) groups is 3. The summed E-state index contributed by atoms with van der Waals surface area (Å²) in [5, 5.41) is 13.5. The molecule has 0 aromatic heterocycles. The van der Waals surface area contributed by atoms with Crippen LogP contribution in [-0.2, 0) is 18.9 Å². The minimum absolute atomic E-state index is 0.0144. The fourth-order valence-corrected chi connectivity index (χ4v) is 9.28. The third-order valence-electron chi connectivity index (χ3n) is 12.6. The first kappa shape index (κ1) is 34.5. The number of benzene rings is 1. The van der Waals surface area contributed by atoms with E-state index >= 15 is 0 Å². The molecule has 0 spiro atoms. The van der Waals surface area contributed by atoms with Gasteiger partial charge < -0.3 is 24.6 Å². The molecule has 2 N–H and O–H groups in total. The number of rotatable bonds is 10. The molecule has 0 unspecified atom stereocenters. The van der Waals surface area contributed by atoms with Gasteiger partial charge in [0.15, 0.2) is 5.78 Å². The molecule has 2 saturated heterocycles. The molecule has 5 fully saturated rings. The van der Waals surface area contributed by atoms with E-state index in [1.54, 1.807) is 12.3 Å². The van der Waals surface area contributed by atoms with Crippen molar-refractivity contribution < 1.29 is 28.8 Å². The third kappa shape index (κ3) is 6.06. The smallest absolute Gasteiger partial charge is 0.465 e. The van der Waals surface area contributed by atoms with E-state index in [9.17, 15) is 19.5 Å². The Bertz CT molecular complexity index is 1720. The molecule has 264 valence electrons. The predicted octanol–water partition coefficient (Wildman–Crippen LogP) is 6.02. The van der Waals surface area contributed by atoms with Crippen molar-refractivity contribution in [1.29, 1.82) is 0 Å². The van der Waals surface area contributed by atoms with Crippen molar-refractivity contribution in [2.24, 2.45) is 27.7 Å². The second-order valence-corrected chi connectivity index (χ2v) is 16.0. The lowest BCUT2D eigenvalue weighted by Gasteiger charge is -2.64. The summed E-state index contributed by atoms with van der Waals surface area (Å²) in [6.07, 6.45) is 12.1. The summed E-state index contributed by atoms with van der Waals surface area (Å²) in [6, 6.07) is 10.2. The lowest BCUT2D eigenvalue weighted by molar-refractivity contribution is -0.199. The number of ketones is 1. The highest BCUT2D eigenvalue weighted by Gasteiger charge is 2.68. The van der Waals surface area contributed by atoms with E-state index in [1.807, 2.05) is 25.1 Å². The second-order valence-electron chi connectivity index (χ2n) is 16.0. The average molecular weight is 681 g/mol. The summed E-state index contributed by atoms with van der Waals surface area (Å²) < 4.78 is 13.1. The van der Waals surface area contributed by atoms with Crippen molar-refractivity contribution >= 4 is 36.8 Å². The Morgan fingerprint density at radius 1 is 1.18 bits per heavy atom. The number of nitrogens with zero attached hydrogens (tertiary/aromatic N) is 3. The summed E-state index contributed by atoms with van der Waals surface area (Å²) in [6.45, 7) is 12.1. The molecule has 6 atom stereocenters. The maximum Gasteiger partial charge on any atom is 0.481 e. The molecule has 4 aliphatic carbocycles. The molecule has 3 heterocycles. The molecule has 3 saturated carbocycles. The first-order chi connectivity index (χ1) is 23.8. The van der Waals surface area contributed by atoms with Crippen molar-refractivity contribution in [2.45, 2.75) is 90.8 Å². The van der Waals surface area contributed by atoms with Crippen LogP contribution in [-0.4, -0.2) is 82.9 Å². The summed E-state index contributed by atoms with van der Waals surface area (Å²) in [7, 11) is -0.595. The molecular formula is C39H49BN4O6. The summed E-state index contributed by atoms with van der Waals surface area (Å²) in [5.74, 6) is 0.949. The Labute approximate surface area is 295 Å². The SMILES string of the molecule is CC[C@H](NC(=O)C1=C(CN(C(=O)O)C2=CN=C3N(CC[C@@]3(C)C/C=C/c3ccccc3)C2)C=CC(=O)C1)B1O[C@@H]2C[C@@H]3C[C@@H](C3(C)C)[C@]2(C)O1. The van der Waals surface area contributed by atoms with Crippen molar-refractivity contribution in [3.8, 4) is 0 Å². The van der Waals surface area contributed by atoms with Gasteiger partial charge in [-0.2, -0.15) is 0 Å². The second kappa shape index (κ2) is 13.0. The van der Waals surface area contributed by atoms with E-state index in [0.717, 1.165) is 43.6 Å². The van der Waals surface area contributed by atoms with Crippen LogP contribution in [0.5, 0.6) is 0 Å². The van der Waals surface area contributed by atoms with Gasteiger partial charge in [-0.1, -0.05) is 76.3 Å². The van der Waals surface area contributed by atoms with Crippen LogP contribution in [0.4, 0.5) is 4.79 Å². The number of amides is 2. The zero-order chi connectivity index (χ0) is 35.4. The van der Waals surface area contributed by atoms with Crippen LogP contribution in [0.2, 0.25) is 0 Å². The van der Waals surface area contributed by atoms with E-state index < -0.39 is 30.7 Å². The first-order valence-electron chi connectivity index (χ1n) is 18.1. The Kier molecular flexibility index (Phi) is 8.96. The van der Waals surface area contributed by atoms with Crippen molar-refractivity contribution in [1.82, 2.24) is 15.1 Å². The molecule has 7 aliphatic rings. The van der Waals surface area contributed by atoms with Crippen molar-refractivity contribution in [3.05, 3.63) is 77.2 Å². The summed E-state index contributed by atoms with van der Waals surface area (Å²) in [4.78, 5) is 47.4. The van der Waals surface area contributed by atoms with Crippen LogP contribution in [0.25, 0.3) is 6.08 Å². The van der Waals surface area contributed by atoms with Gasteiger partial charge in [0.25, 0.3) is 0 Å². The summed E-state index contributed by atoms with van der Waals surface area (Å²) >= 11 is 0. The van der Waals surface area contributed by atoms with E-state index in [1.165, 1.54) is 11.0 Å². The van der Waals surface area contributed by atoms with Crippen molar-refractivity contribution in [2.75, 3.05) is 19.6 Å². The van der Waals surface area contributed by atoms with Gasteiger partial charge in [-0.05, 0) is 73.5 Å². The van der Waals surface area contributed by atoms with Crippen LogP contribution in [0.15, 0.2) is 76.6 Å². The summed E-state index contributed by atoms with van der Waals surface area (Å²) in [5.41, 5.74) is 2.08.